The summed E-state index contributed by atoms with van der Waals surface area (Å²) in [6.07, 6.45) is 1.59. The van der Waals surface area contributed by atoms with Gasteiger partial charge in [-0.25, -0.2) is 4.98 Å². The third kappa shape index (κ3) is 4.49. The molecule has 0 aliphatic heterocycles. The molecule has 4 aromatic rings. The molecule has 0 saturated carbocycles. The van der Waals surface area contributed by atoms with Crippen molar-refractivity contribution >= 4 is 17.1 Å². The molecule has 0 amide bonds. The molecule has 3 aromatic carbocycles. The molecule has 7 nitrogen and oxygen atoms in total. The molecule has 0 atom stereocenters. The zero-order valence-corrected chi connectivity index (χ0v) is 20.8. The Morgan fingerprint density at radius 3 is 2.37 bits per heavy atom. The van der Waals surface area contributed by atoms with Crippen LogP contribution in [0.25, 0.3) is 22.3 Å². The van der Waals surface area contributed by atoms with E-state index in [1.165, 1.54) is 4.68 Å². The summed E-state index contributed by atoms with van der Waals surface area (Å²) in [6, 6.07) is 16.8. The minimum atomic E-state index is -0.259. The van der Waals surface area contributed by atoms with Gasteiger partial charge in [0.2, 0.25) is 0 Å². The lowest BCUT2D eigenvalue weighted by Gasteiger charge is -2.17. The van der Waals surface area contributed by atoms with Crippen LogP contribution in [-0.2, 0) is 0 Å². The molecule has 0 aliphatic carbocycles. The van der Waals surface area contributed by atoms with E-state index in [0.29, 0.717) is 33.8 Å². The molecule has 1 aromatic heterocycles. The Hall–Kier alpha value is -4.13. The Balaban J connectivity index is 2.00. The summed E-state index contributed by atoms with van der Waals surface area (Å²) in [6.45, 7) is 6.18. The lowest BCUT2D eigenvalue weighted by Crippen LogP contribution is -2.21. The van der Waals surface area contributed by atoms with Crippen molar-refractivity contribution in [1.29, 1.82) is 0 Å². The van der Waals surface area contributed by atoms with Crippen molar-refractivity contribution in [3.8, 4) is 28.6 Å². The van der Waals surface area contributed by atoms with Crippen LogP contribution in [0.5, 0.6) is 17.2 Å². The van der Waals surface area contributed by atoms with Crippen molar-refractivity contribution in [2.75, 3.05) is 21.3 Å². The first kappa shape index (κ1) is 24.0. The van der Waals surface area contributed by atoms with E-state index in [1.54, 1.807) is 39.7 Å². The second-order valence-corrected chi connectivity index (χ2v) is 8.46. The maximum absolute atomic E-state index is 13.6. The largest absolute Gasteiger partial charge is 0.496 e. The van der Waals surface area contributed by atoms with Crippen molar-refractivity contribution in [3.05, 3.63) is 81.6 Å². The zero-order chi connectivity index (χ0) is 25.1. The maximum atomic E-state index is 13.6. The van der Waals surface area contributed by atoms with Gasteiger partial charge in [0.15, 0.2) is 17.3 Å². The number of ether oxygens (including phenoxy) is 3. The van der Waals surface area contributed by atoms with Gasteiger partial charge in [0, 0.05) is 11.1 Å². The summed E-state index contributed by atoms with van der Waals surface area (Å²) >= 11 is 0. The van der Waals surface area contributed by atoms with Gasteiger partial charge in [-0.2, -0.15) is 9.78 Å². The molecule has 0 spiro atoms. The number of nitrogens with zero attached hydrogens (tertiary/aromatic N) is 3. The van der Waals surface area contributed by atoms with Crippen LogP contribution in [0.3, 0.4) is 0 Å². The third-order valence-electron chi connectivity index (χ3n) is 5.94. The number of para-hydroxylation sites is 2. The van der Waals surface area contributed by atoms with E-state index in [2.05, 4.69) is 18.9 Å². The van der Waals surface area contributed by atoms with Gasteiger partial charge in [0.05, 0.1) is 38.4 Å². The van der Waals surface area contributed by atoms with Crippen molar-refractivity contribution in [2.24, 2.45) is 5.10 Å². The number of hydrogen-bond acceptors (Lipinski definition) is 6. The van der Waals surface area contributed by atoms with E-state index in [4.69, 9.17) is 19.2 Å². The van der Waals surface area contributed by atoms with Gasteiger partial charge in [-0.3, -0.25) is 4.79 Å². The lowest BCUT2D eigenvalue weighted by molar-refractivity contribution is 0.354. The van der Waals surface area contributed by atoms with E-state index in [1.807, 2.05) is 49.4 Å². The SMILES string of the molecule is COc1cc(C)c(-c2nc3ccccc3c(=O)n2N=Cc2cccc(OC)c2OC)cc1C(C)C. The Morgan fingerprint density at radius 1 is 0.943 bits per heavy atom. The van der Waals surface area contributed by atoms with Crippen molar-refractivity contribution in [1.82, 2.24) is 9.66 Å². The monoisotopic (exact) mass is 471 g/mol. The van der Waals surface area contributed by atoms with Gasteiger partial charge in [0.1, 0.15) is 5.75 Å². The predicted octanol–water partition coefficient (Wildman–Crippen LogP) is 5.40. The van der Waals surface area contributed by atoms with Gasteiger partial charge in [0.25, 0.3) is 5.56 Å². The predicted molar refractivity (Wildman–Crippen MR) is 139 cm³/mol. The highest BCUT2D eigenvalue weighted by atomic mass is 16.5. The fraction of sp³-hybridized carbons (Fsp3) is 0.250. The van der Waals surface area contributed by atoms with E-state index < -0.39 is 0 Å². The fourth-order valence-electron chi connectivity index (χ4n) is 4.11. The number of aromatic nitrogens is 2. The second-order valence-electron chi connectivity index (χ2n) is 8.46. The molecule has 35 heavy (non-hydrogen) atoms. The van der Waals surface area contributed by atoms with Gasteiger partial charge in [-0.1, -0.05) is 32.0 Å². The Kier molecular flexibility index (Phi) is 6.87. The molecular formula is C28H29N3O4. The molecular weight excluding hydrogens is 442 g/mol. The molecule has 0 aliphatic rings. The van der Waals surface area contributed by atoms with Crippen LogP contribution in [0.2, 0.25) is 0 Å². The van der Waals surface area contributed by atoms with E-state index in [-0.39, 0.29) is 11.5 Å². The molecule has 0 fully saturated rings. The topological polar surface area (TPSA) is 74.9 Å². The molecule has 0 saturated heterocycles. The van der Waals surface area contributed by atoms with E-state index >= 15 is 0 Å². The Labute approximate surface area is 204 Å². The zero-order valence-electron chi connectivity index (χ0n) is 20.8. The molecule has 4 rings (SSSR count). The molecule has 7 heteroatoms. The lowest BCUT2D eigenvalue weighted by atomic mass is 9.96. The summed E-state index contributed by atoms with van der Waals surface area (Å²) in [7, 11) is 4.81. The molecule has 0 bridgehead atoms. The Bertz CT molecular complexity index is 1470. The smallest absolute Gasteiger partial charge is 0.282 e. The van der Waals surface area contributed by atoms with Crippen LogP contribution >= 0.6 is 0 Å². The van der Waals surface area contributed by atoms with Gasteiger partial charge < -0.3 is 14.2 Å². The van der Waals surface area contributed by atoms with E-state index in [9.17, 15) is 4.79 Å². The molecule has 180 valence electrons. The standard InChI is InChI=1S/C28H29N3O4/c1-17(2)21-15-22(18(3)14-25(21)34-5)27-30-23-12-8-7-11-20(23)28(32)31(27)29-16-19-10-9-13-24(33-4)26(19)35-6/h7-17H,1-6H3. The minimum Gasteiger partial charge on any atom is -0.496 e. The summed E-state index contributed by atoms with van der Waals surface area (Å²) in [5, 5.41) is 5.08. The van der Waals surface area contributed by atoms with Gasteiger partial charge in [-0.15, -0.1) is 0 Å². The van der Waals surface area contributed by atoms with Gasteiger partial charge in [-0.05, 0) is 60.4 Å². The molecule has 0 radical (unpaired) electrons. The number of methoxy groups -OCH3 is 3. The molecule has 0 unspecified atom stereocenters. The number of hydrogen-bond donors (Lipinski definition) is 0. The maximum Gasteiger partial charge on any atom is 0.282 e. The quantitative estimate of drug-likeness (QED) is 0.337. The number of fused-ring (bicyclic) bond motifs is 1. The molecule has 0 N–H and O–H groups in total. The fourth-order valence-corrected chi connectivity index (χ4v) is 4.11. The van der Waals surface area contributed by atoms with Gasteiger partial charge >= 0.3 is 0 Å². The van der Waals surface area contributed by atoms with Crippen LogP contribution < -0.4 is 19.8 Å². The minimum absolute atomic E-state index is 0.217. The van der Waals surface area contributed by atoms with Crippen LogP contribution in [0.15, 0.2) is 64.5 Å². The first-order valence-corrected chi connectivity index (χ1v) is 11.4. The summed E-state index contributed by atoms with van der Waals surface area (Å²) in [5.41, 5.74) is 3.79. The summed E-state index contributed by atoms with van der Waals surface area (Å²) in [4.78, 5) is 18.5. The van der Waals surface area contributed by atoms with Crippen molar-refractivity contribution < 1.29 is 14.2 Å². The first-order chi connectivity index (χ1) is 16.9. The third-order valence-corrected chi connectivity index (χ3v) is 5.94. The highest BCUT2D eigenvalue weighted by molar-refractivity contribution is 5.86. The Morgan fingerprint density at radius 2 is 1.69 bits per heavy atom. The second kappa shape index (κ2) is 10.0. The summed E-state index contributed by atoms with van der Waals surface area (Å²) in [5.74, 6) is 2.59. The van der Waals surface area contributed by atoms with E-state index in [0.717, 1.165) is 22.4 Å². The first-order valence-electron chi connectivity index (χ1n) is 11.4. The van der Waals surface area contributed by atoms with Crippen molar-refractivity contribution in [3.63, 3.8) is 0 Å². The average Bonchev–Trinajstić information content (AvgIpc) is 2.87. The summed E-state index contributed by atoms with van der Waals surface area (Å²) < 4.78 is 17.9. The van der Waals surface area contributed by atoms with Crippen LogP contribution in [0.4, 0.5) is 0 Å². The average molecular weight is 472 g/mol. The van der Waals surface area contributed by atoms with Crippen LogP contribution in [-0.4, -0.2) is 37.2 Å². The number of benzene rings is 3. The highest BCUT2D eigenvalue weighted by Crippen LogP contribution is 2.34. The number of aryl methyl sites for hydroxylation is 1. The number of rotatable bonds is 7. The normalized spacial score (nSPS) is 11.4. The van der Waals surface area contributed by atoms with Crippen molar-refractivity contribution in [2.45, 2.75) is 26.7 Å². The van der Waals surface area contributed by atoms with Crippen LogP contribution in [0, 0.1) is 6.92 Å². The van der Waals surface area contributed by atoms with Crippen LogP contribution in [0.1, 0.15) is 36.5 Å². The highest BCUT2D eigenvalue weighted by Gasteiger charge is 2.18. The molecule has 1 heterocycles.